The molecule has 0 unspecified atom stereocenters. The van der Waals surface area contributed by atoms with E-state index in [-0.39, 0.29) is 17.9 Å². The molecule has 0 aliphatic heterocycles. The highest BCUT2D eigenvalue weighted by Crippen LogP contribution is 2.27. The van der Waals surface area contributed by atoms with E-state index in [1.54, 1.807) is 6.92 Å². The average Bonchev–Trinajstić information content (AvgIpc) is 2.42. The maximum Gasteiger partial charge on any atom is 0.308 e. The molecule has 0 saturated heterocycles. The Kier molecular flexibility index (Phi) is 4.52. The van der Waals surface area contributed by atoms with Gasteiger partial charge in [0, 0.05) is 6.04 Å². The van der Waals surface area contributed by atoms with Crippen LogP contribution in [0, 0.1) is 12.8 Å². The molecule has 19 heavy (non-hydrogen) atoms. The van der Waals surface area contributed by atoms with Gasteiger partial charge in [0.05, 0.1) is 18.7 Å². The second-order valence-corrected chi connectivity index (χ2v) is 5.10. The van der Waals surface area contributed by atoms with Gasteiger partial charge in [-0.2, -0.15) is 0 Å². The fourth-order valence-electron chi connectivity index (χ4n) is 2.34. The molecule has 1 heterocycles. The van der Waals surface area contributed by atoms with Crippen molar-refractivity contribution in [2.75, 3.05) is 12.4 Å². The number of rotatable bonds is 3. The summed E-state index contributed by atoms with van der Waals surface area (Å²) in [5, 5.41) is 11.2. The first-order valence-corrected chi connectivity index (χ1v) is 6.69. The van der Waals surface area contributed by atoms with Crippen LogP contribution < -0.4 is 5.32 Å². The summed E-state index contributed by atoms with van der Waals surface area (Å²) in [6, 6.07) is 0.167. The minimum absolute atomic E-state index is 0.0439. The molecular formula is C12H17ClN4O2. The smallest absolute Gasteiger partial charge is 0.308 e. The van der Waals surface area contributed by atoms with Crippen LogP contribution in [0.4, 0.5) is 5.95 Å². The van der Waals surface area contributed by atoms with Crippen LogP contribution in [0.25, 0.3) is 0 Å². The number of anilines is 1. The molecule has 7 heteroatoms. The Morgan fingerprint density at radius 3 is 2.89 bits per heavy atom. The van der Waals surface area contributed by atoms with Gasteiger partial charge in [0.2, 0.25) is 5.95 Å². The van der Waals surface area contributed by atoms with Crippen LogP contribution in [-0.4, -0.2) is 34.3 Å². The lowest BCUT2D eigenvalue weighted by molar-refractivity contribution is -0.146. The van der Waals surface area contributed by atoms with Gasteiger partial charge in [0.25, 0.3) is 0 Å². The molecule has 1 aliphatic rings. The van der Waals surface area contributed by atoms with Crippen LogP contribution in [0.1, 0.15) is 31.4 Å². The lowest BCUT2D eigenvalue weighted by atomic mass is 9.86. The summed E-state index contributed by atoms with van der Waals surface area (Å²) in [6.45, 7) is 1.78. The molecule has 1 aliphatic carbocycles. The summed E-state index contributed by atoms with van der Waals surface area (Å²) in [4.78, 5) is 15.8. The summed E-state index contributed by atoms with van der Waals surface area (Å²) in [7, 11) is 1.43. The Hall–Kier alpha value is -1.43. The van der Waals surface area contributed by atoms with Gasteiger partial charge in [-0.1, -0.05) is 18.0 Å². The number of nitrogens with zero attached hydrogens (tertiary/aromatic N) is 3. The zero-order valence-electron chi connectivity index (χ0n) is 11.0. The number of ether oxygens (including phenoxy) is 1. The van der Waals surface area contributed by atoms with Crippen molar-refractivity contribution in [1.29, 1.82) is 0 Å². The van der Waals surface area contributed by atoms with Crippen LogP contribution in [0.5, 0.6) is 0 Å². The largest absolute Gasteiger partial charge is 0.469 e. The fourth-order valence-corrected chi connectivity index (χ4v) is 2.42. The van der Waals surface area contributed by atoms with E-state index in [4.69, 9.17) is 16.3 Å². The van der Waals surface area contributed by atoms with Crippen molar-refractivity contribution in [3.05, 3.63) is 10.8 Å². The first-order chi connectivity index (χ1) is 9.10. The number of carbonyl (C=O) groups is 1. The quantitative estimate of drug-likeness (QED) is 0.855. The van der Waals surface area contributed by atoms with Gasteiger partial charge < -0.3 is 10.1 Å². The van der Waals surface area contributed by atoms with Crippen molar-refractivity contribution in [3.63, 3.8) is 0 Å². The molecule has 1 saturated carbocycles. The van der Waals surface area contributed by atoms with Crippen molar-refractivity contribution in [3.8, 4) is 0 Å². The van der Waals surface area contributed by atoms with Gasteiger partial charge in [0.1, 0.15) is 0 Å². The summed E-state index contributed by atoms with van der Waals surface area (Å²) < 4.78 is 4.80. The Morgan fingerprint density at radius 2 is 2.21 bits per heavy atom. The van der Waals surface area contributed by atoms with E-state index in [0.717, 1.165) is 25.7 Å². The van der Waals surface area contributed by atoms with Crippen LogP contribution >= 0.6 is 11.6 Å². The first-order valence-electron chi connectivity index (χ1n) is 6.31. The van der Waals surface area contributed by atoms with Crippen molar-refractivity contribution in [1.82, 2.24) is 15.2 Å². The second-order valence-electron chi connectivity index (χ2n) is 4.74. The lowest BCUT2D eigenvalue weighted by Crippen LogP contribution is -2.32. The van der Waals surface area contributed by atoms with Crippen molar-refractivity contribution in [2.45, 2.75) is 38.6 Å². The second kappa shape index (κ2) is 6.14. The lowest BCUT2D eigenvalue weighted by Gasteiger charge is -2.27. The van der Waals surface area contributed by atoms with E-state index >= 15 is 0 Å². The molecule has 2 rings (SSSR count). The molecule has 1 fully saturated rings. The van der Waals surface area contributed by atoms with Gasteiger partial charge in [0.15, 0.2) is 5.15 Å². The minimum Gasteiger partial charge on any atom is -0.469 e. The highest BCUT2D eigenvalue weighted by atomic mass is 35.5. The molecule has 0 aromatic carbocycles. The van der Waals surface area contributed by atoms with Crippen LogP contribution in [-0.2, 0) is 9.53 Å². The molecule has 104 valence electrons. The van der Waals surface area contributed by atoms with E-state index in [9.17, 15) is 4.79 Å². The molecule has 2 atom stereocenters. The molecular weight excluding hydrogens is 268 g/mol. The molecule has 0 spiro atoms. The highest BCUT2D eigenvalue weighted by molar-refractivity contribution is 6.29. The third-order valence-electron chi connectivity index (χ3n) is 3.35. The summed E-state index contributed by atoms with van der Waals surface area (Å²) in [5.41, 5.74) is 0.638. The molecule has 0 radical (unpaired) electrons. The number of carbonyl (C=O) groups excluding carboxylic acids is 1. The van der Waals surface area contributed by atoms with Gasteiger partial charge in [-0.05, 0) is 26.2 Å². The van der Waals surface area contributed by atoms with Gasteiger partial charge in [-0.15, -0.1) is 10.2 Å². The van der Waals surface area contributed by atoms with Gasteiger partial charge in [-0.25, -0.2) is 4.98 Å². The Balaban J connectivity index is 1.98. The number of hydrogen-bond acceptors (Lipinski definition) is 6. The zero-order valence-corrected chi connectivity index (χ0v) is 11.8. The summed E-state index contributed by atoms with van der Waals surface area (Å²) in [5.74, 6) is 0.271. The molecule has 6 nitrogen and oxygen atoms in total. The van der Waals surface area contributed by atoms with E-state index < -0.39 is 0 Å². The molecule has 0 bridgehead atoms. The fraction of sp³-hybridized carbons (Fsp3) is 0.667. The van der Waals surface area contributed by atoms with E-state index in [0.29, 0.717) is 16.8 Å². The van der Waals surface area contributed by atoms with Gasteiger partial charge >= 0.3 is 5.97 Å². The van der Waals surface area contributed by atoms with Crippen LogP contribution in [0.15, 0.2) is 0 Å². The maximum atomic E-state index is 11.6. The van der Waals surface area contributed by atoms with E-state index in [1.807, 2.05) is 0 Å². The number of aryl methyl sites for hydroxylation is 1. The molecule has 1 N–H and O–H groups in total. The third kappa shape index (κ3) is 3.53. The maximum absolute atomic E-state index is 11.6. The highest BCUT2D eigenvalue weighted by Gasteiger charge is 2.28. The summed E-state index contributed by atoms with van der Waals surface area (Å²) >= 11 is 5.78. The van der Waals surface area contributed by atoms with Crippen LogP contribution in [0.2, 0.25) is 5.15 Å². The number of hydrogen-bond donors (Lipinski definition) is 1. The van der Waals surface area contributed by atoms with Gasteiger partial charge in [-0.3, -0.25) is 4.79 Å². The molecule has 1 aromatic heterocycles. The Labute approximate surface area is 116 Å². The molecule has 0 amide bonds. The molecule has 1 aromatic rings. The van der Waals surface area contributed by atoms with E-state index in [1.165, 1.54) is 7.11 Å². The number of nitrogens with one attached hydrogen (secondary N) is 1. The normalized spacial score (nSPS) is 22.9. The van der Waals surface area contributed by atoms with Crippen LogP contribution in [0.3, 0.4) is 0 Å². The number of esters is 1. The Bertz CT molecular complexity index is 469. The standard InChI is InChI=1S/C12H17ClN4O2/c1-7-10(13)16-17-12(14-7)15-9-5-3-4-8(6-9)11(18)19-2/h8-9H,3-6H2,1-2H3,(H,14,15,17)/t8-,9-/m1/s1. The zero-order chi connectivity index (χ0) is 13.8. The first kappa shape index (κ1) is 14.0. The summed E-state index contributed by atoms with van der Waals surface area (Å²) in [6.07, 6.45) is 3.58. The monoisotopic (exact) mass is 284 g/mol. The minimum atomic E-state index is -0.141. The predicted octanol–water partition coefficient (Wildman–Crippen LogP) is 1.98. The van der Waals surface area contributed by atoms with Crippen molar-refractivity contribution >= 4 is 23.5 Å². The average molecular weight is 285 g/mol. The number of aromatic nitrogens is 3. The van der Waals surface area contributed by atoms with Crippen molar-refractivity contribution in [2.24, 2.45) is 5.92 Å². The van der Waals surface area contributed by atoms with E-state index in [2.05, 4.69) is 20.5 Å². The van der Waals surface area contributed by atoms with Crippen molar-refractivity contribution < 1.29 is 9.53 Å². The SMILES string of the molecule is COC(=O)[C@@H]1CCC[C@@H](Nc2nnc(Cl)c(C)n2)C1. The third-order valence-corrected chi connectivity index (χ3v) is 3.70. The Morgan fingerprint density at radius 1 is 1.42 bits per heavy atom. The number of methoxy groups -OCH3 is 1. The number of halogens is 1. The topological polar surface area (TPSA) is 77.0 Å². The predicted molar refractivity (Wildman–Crippen MR) is 71.0 cm³/mol.